The van der Waals surface area contributed by atoms with Crippen LogP contribution in [-0.4, -0.2) is 66.6 Å². The molecule has 2 N–H and O–H groups in total. The van der Waals surface area contributed by atoms with Gasteiger partial charge in [0.1, 0.15) is 17.8 Å². The Morgan fingerprint density at radius 1 is 1.31 bits per heavy atom. The summed E-state index contributed by atoms with van der Waals surface area (Å²) in [6.07, 6.45) is 2.46. The van der Waals surface area contributed by atoms with Crippen LogP contribution < -0.4 is 5.32 Å². The number of carbonyl (C=O) groups is 3. The standard InChI is InChI=1S/C17H21ClN6O5/c1-17(2,3)29-16(28)23(8-9-24-7-6-19-22-24)10-13(25)20-11-4-5-12(15(26)27)21-14(11)18/h4-7H,8-10H2,1-3H3,(H,20,25)(H,26,27). The summed E-state index contributed by atoms with van der Waals surface area (Å²) in [6.45, 7) is 5.29. The van der Waals surface area contributed by atoms with Crippen molar-refractivity contribution in [3.63, 3.8) is 0 Å². The third kappa shape index (κ3) is 7.03. The predicted molar refractivity (Wildman–Crippen MR) is 103 cm³/mol. The van der Waals surface area contributed by atoms with E-state index in [0.717, 1.165) is 0 Å². The van der Waals surface area contributed by atoms with Crippen molar-refractivity contribution in [1.82, 2.24) is 24.9 Å². The van der Waals surface area contributed by atoms with Gasteiger partial charge in [-0.15, -0.1) is 5.10 Å². The van der Waals surface area contributed by atoms with Gasteiger partial charge in [-0.25, -0.2) is 14.6 Å². The van der Waals surface area contributed by atoms with Gasteiger partial charge in [0.2, 0.25) is 5.91 Å². The highest BCUT2D eigenvalue weighted by Gasteiger charge is 2.24. The zero-order valence-corrected chi connectivity index (χ0v) is 16.9. The molecule has 156 valence electrons. The SMILES string of the molecule is CC(C)(C)OC(=O)N(CCn1ccnn1)CC(=O)Nc1ccc(C(=O)O)nc1Cl. The largest absolute Gasteiger partial charge is 0.477 e. The van der Waals surface area contributed by atoms with E-state index in [4.69, 9.17) is 21.4 Å². The highest BCUT2D eigenvalue weighted by molar-refractivity contribution is 6.32. The van der Waals surface area contributed by atoms with Crippen molar-refractivity contribution in [2.24, 2.45) is 0 Å². The van der Waals surface area contributed by atoms with E-state index in [2.05, 4.69) is 20.6 Å². The number of aromatic nitrogens is 4. The van der Waals surface area contributed by atoms with Crippen molar-refractivity contribution < 1.29 is 24.2 Å². The molecule has 0 aliphatic rings. The molecule has 0 saturated carbocycles. The molecule has 0 aliphatic carbocycles. The monoisotopic (exact) mass is 424 g/mol. The Hall–Kier alpha value is -3.21. The van der Waals surface area contributed by atoms with E-state index in [9.17, 15) is 14.4 Å². The number of hydrogen-bond donors (Lipinski definition) is 2. The van der Waals surface area contributed by atoms with E-state index in [1.165, 1.54) is 27.9 Å². The molecule has 29 heavy (non-hydrogen) atoms. The molecule has 2 aromatic rings. The van der Waals surface area contributed by atoms with E-state index in [-0.39, 0.29) is 29.6 Å². The summed E-state index contributed by atoms with van der Waals surface area (Å²) >= 11 is 5.92. The Kier molecular flexibility index (Phi) is 7.10. The molecule has 11 nitrogen and oxygen atoms in total. The third-order valence-electron chi connectivity index (χ3n) is 3.40. The number of nitrogens with one attached hydrogen (secondary N) is 1. The summed E-state index contributed by atoms with van der Waals surface area (Å²) in [5, 5.41) is 18.7. The van der Waals surface area contributed by atoms with Crippen LogP contribution in [0.5, 0.6) is 0 Å². The molecule has 2 aromatic heterocycles. The molecule has 2 rings (SSSR count). The molecule has 0 aliphatic heterocycles. The van der Waals surface area contributed by atoms with Crippen LogP contribution in [0.3, 0.4) is 0 Å². The minimum absolute atomic E-state index is 0.127. The molecule has 0 unspecified atom stereocenters. The molecular formula is C17H21ClN6O5. The van der Waals surface area contributed by atoms with Crippen LogP contribution in [-0.2, 0) is 16.1 Å². The smallest absolute Gasteiger partial charge is 0.410 e. The van der Waals surface area contributed by atoms with Crippen molar-refractivity contribution in [2.75, 3.05) is 18.4 Å². The number of rotatable bonds is 7. The second-order valence-corrected chi connectivity index (χ2v) is 7.31. The van der Waals surface area contributed by atoms with Crippen molar-refractivity contribution >= 4 is 35.3 Å². The first-order chi connectivity index (χ1) is 13.5. The lowest BCUT2D eigenvalue weighted by atomic mass is 10.2. The summed E-state index contributed by atoms with van der Waals surface area (Å²) < 4.78 is 6.86. The van der Waals surface area contributed by atoms with Gasteiger partial charge in [-0.05, 0) is 32.9 Å². The van der Waals surface area contributed by atoms with Gasteiger partial charge in [-0.1, -0.05) is 16.8 Å². The maximum atomic E-state index is 12.5. The minimum atomic E-state index is -1.24. The van der Waals surface area contributed by atoms with Gasteiger partial charge in [0, 0.05) is 12.7 Å². The fraction of sp³-hybridized carbons (Fsp3) is 0.412. The summed E-state index contributed by atoms with van der Waals surface area (Å²) in [7, 11) is 0. The number of nitrogens with zero attached hydrogens (tertiary/aromatic N) is 5. The Morgan fingerprint density at radius 3 is 2.59 bits per heavy atom. The number of carboxylic acids is 1. The number of hydrogen-bond acceptors (Lipinski definition) is 7. The van der Waals surface area contributed by atoms with Crippen LogP contribution in [0.1, 0.15) is 31.3 Å². The van der Waals surface area contributed by atoms with Crippen molar-refractivity contribution in [3.8, 4) is 0 Å². The molecular weight excluding hydrogens is 404 g/mol. The van der Waals surface area contributed by atoms with Crippen LogP contribution in [0.4, 0.5) is 10.5 Å². The van der Waals surface area contributed by atoms with Crippen LogP contribution in [0.2, 0.25) is 5.15 Å². The molecule has 0 fully saturated rings. The Bertz CT molecular complexity index is 881. The van der Waals surface area contributed by atoms with E-state index >= 15 is 0 Å². The second kappa shape index (κ2) is 9.32. The maximum absolute atomic E-state index is 12.5. The first-order valence-electron chi connectivity index (χ1n) is 8.57. The van der Waals surface area contributed by atoms with Crippen molar-refractivity contribution in [1.29, 1.82) is 0 Å². The average Bonchev–Trinajstić information content (AvgIpc) is 3.12. The second-order valence-electron chi connectivity index (χ2n) is 6.96. The summed E-state index contributed by atoms with van der Waals surface area (Å²) in [6, 6.07) is 2.53. The lowest BCUT2D eigenvalue weighted by molar-refractivity contribution is -0.117. The van der Waals surface area contributed by atoms with Gasteiger partial charge in [0.05, 0.1) is 18.4 Å². The molecule has 0 bridgehead atoms. The Balaban J connectivity index is 2.07. The van der Waals surface area contributed by atoms with Gasteiger partial charge in [-0.3, -0.25) is 14.4 Å². The molecule has 2 amide bonds. The molecule has 12 heteroatoms. The first-order valence-corrected chi connectivity index (χ1v) is 8.94. The molecule has 0 atom stereocenters. The van der Waals surface area contributed by atoms with Gasteiger partial charge < -0.3 is 15.2 Å². The molecule has 0 spiro atoms. The molecule has 0 radical (unpaired) electrons. The topological polar surface area (TPSA) is 140 Å². The fourth-order valence-corrected chi connectivity index (χ4v) is 2.35. The number of carboxylic acid groups (broad SMARTS) is 1. The lowest BCUT2D eigenvalue weighted by Crippen LogP contribution is -2.43. The Morgan fingerprint density at radius 2 is 2.03 bits per heavy atom. The van der Waals surface area contributed by atoms with Crippen LogP contribution in [0.15, 0.2) is 24.5 Å². The molecule has 2 heterocycles. The number of anilines is 1. The third-order valence-corrected chi connectivity index (χ3v) is 3.69. The van der Waals surface area contributed by atoms with Gasteiger partial charge >= 0.3 is 12.1 Å². The van der Waals surface area contributed by atoms with Gasteiger partial charge in [0.15, 0.2) is 5.15 Å². The quantitative estimate of drug-likeness (QED) is 0.642. The lowest BCUT2D eigenvalue weighted by Gasteiger charge is -2.27. The first kappa shape index (κ1) is 22.1. The van der Waals surface area contributed by atoms with Crippen LogP contribution >= 0.6 is 11.6 Å². The van der Waals surface area contributed by atoms with E-state index in [0.29, 0.717) is 6.54 Å². The van der Waals surface area contributed by atoms with Gasteiger partial charge in [0.25, 0.3) is 0 Å². The predicted octanol–water partition coefficient (Wildman–Crippen LogP) is 1.90. The number of halogens is 1. The van der Waals surface area contributed by atoms with E-state index < -0.39 is 23.6 Å². The van der Waals surface area contributed by atoms with E-state index in [1.807, 2.05) is 0 Å². The normalized spacial score (nSPS) is 11.0. The van der Waals surface area contributed by atoms with Crippen molar-refractivity contribution in [2.45, 2.75) is 32.9 Å². The average molecular weight is 425 g/mol. The Labute approximate surface area is 171 Å². The highest BCUT2D eigenvalue weighted by Crippen LogP contribution is 2.19. The van der Waals surface area contributed by atoms with Crippen molar-refractivity contribution in [3.05, 3.63) is 35.4 Å². The molecule has 0 aromatic carbocycles. The summed E-state index contributed by atoms with van der Waals surface area (Å²) in [5.74, 6) is -1.80. The summed E-state index contributed by atoms with van der Waals surface area (Å²) in [5.41, 5.74) is -0.864. The number of carbonyl (C=O) groups excluding carboxylic acids is 2. The summed E-state index contributed by atoms with van der Waals surface area (Å²) in [4.78, 5) is 40.7. The van der Waals surface area contributed by atoms with Crippen LogP contribution in [0, 0.1) is 0 Å². The van der Waals surface area contributed by atoms with Gasteiger partial charge in [-0.2, -0.15) is 0 Å². The molecule has 0 saturated heterocycles. The minimum Gasteiger partial charge on any atom is -0.477 e. The van der Waals surface area contributed by atoms with E-state index in [1.54, 1.807) is 27.0 Å². The highest BCUT2D eigenvalue weighted by atomic mass is 35.5. The number of ether oxygens (including phenoxy) is 1. The fourth-order valence-electron chi connectivity index (χ4n) is 2.15. The zero-order chi connectivity index (χ0) is 21.6. The maximum Gasteiger partial charge on any atom is 0.410 e. The number of pyridine rings is 1. The number of aromatic carboxylic acids is 1. The number of amides is 2. The van der Waals surface area contributed by atoms with Crippen LogP contribution in [0.25, 0.3) is 0 Å². The zero-order valence-electron chi connectivity index (χ0n) is 16.1.